The summed E-state index contributed by atoms with van der Waals surface area (Å²) in [5.74, 6) is 0. The van der Waals surface area contributed by atoms with Gasteiger partial charge in [-0.2, -0.15) is 0 Å². The predicted molar refractivity (Wildman–Crippen MR) is 87.1 cm³/mol. The minimum Gasteiger partial charge on any atom is -0.403 e. The number of hydrogen-bond acceptors (Lipinski definition) is 3. The van der Waals surface area contributed by atoms with Crippen LogP contribution in [0.5, 0.6) is 0 Å². The maximum atomic E-state index is 5.82. The van der Waals surface area contributed by atoms with E-state index < -0.39 is 0 Å². The average Bonchev–Trinajstić information content (AvgIpc) is 2.85. The number of rotatable bonds is 2. The summed E-state index contributed by atoms with van der Waals surface area (Å²) in [6.45, 7) is 4.09. The third-order valence-corrected chi connectivity index (χ3v) is 3.26. The lowest BCUT2D eigenvalue weighted by molar-refractivity contribution is 1.28. The van der Waals surface area contributed by atoms with Crippen molar-refractivity contribution in [2.45, 2.75) is 0 Å². The van der Waals surface area contributed by atoms with Gasteiger partial charge < -0.3 is 10.7 Å². The first-order valence-corrected chi connectivity index (χ1v) is 6.45. The molecule has 0 saturated carbocycles. The van der Waals surface area contributed by atoms with E-state index in [2.05, 4.69) is 21.5 Å². The highest BCUT2D eigenvalue weighted by Gasteiger charge is 2.03. The van der Waals surface area contributed by atoms with Crippen LogP contribution >= 0.6 is 0 Å². The molecule has 0 spiro atoms. The summed E-state index contributed by atoms with van der Waals surface area (Å²) in [5, 5.41) is 2.62. The van der Waals surface area contributed by atoms with Gasteiger partial charge in [0.05, 0.1) is 5.35 Å². The number of nitrogens with one attached hydrogen (secondary N) is 1. The average molecular weight is 272 g/mol. The van der Waals surface area contributed by atoms with Gasteiger partial charge in [0.2, 0.25) is 0 Å². The molecule has 0 amide bonds. The molecule has 2 radical (unpaired) electrons. The van der Waals surface area contributed by atoms with Crippen LogP contribution in [0.25, 0.3) is 28.9 Å². The number of pyridine rings is 2. The number of aromatic nitrogens is 3. The second-order valence-electron chi connectivity index (χ2n) is 4.70. The van der Waals surface area contributed by atoms with E-state index in [-0.39, 0.29) is 0 Å². The molecule has 3 N–H and O–H groups in total. The van der Waals surface area contributed by atoms with Gasteiger partial charge in [-0.15, -0.1) is 0 Å². The molecule has 3 aromatic rings. The summed E-state index contributed by atoms with van der Waals surface area (Å²) in [6.07, 6.45) is 8.58. The summed E-state index contributed by atoms with van der Waals surface area (Å²) in [4.78, 5) is 11.5. The Morgan fingerprint density at radius 1 is 1.38 bits per heavy atom. The maximum absolute atomic E-state index is 5.82. The molecule has 0 unspecified atom stereocenters. The molecule has 0 saturated heterocycles. The topological polar surface area (TPSA) is 67.6 Å². The van der Waals surface area contributed by atoms with Crippen molar-refractivity contribution < 1.29 is 0 Å². The predicted octanol–water partition coefficient (Wildman–Crippen LogP) is -0.0577. The van der Waals surface area contributed by atoms with Gasteiger partial charge in [0.15, 0.2) is 0 Å². The van der Waals surface area contributed by atoms with Crippen LogP contribution in [0.4, 0.5) is 0 Å². The zero-order valence-corrected chi connectivity index (χ0v) is 11.4. The summed E-state index contributed by atoms with van der Waals surface area (Å²) >= 11 is 0. The van der Waals surface area contributed by atoms with Gasteiger partial charge in [-0.1, -0.05) is 24.2 Å². The zero-order chi connectivity index (χ0) is 14.8. The van der Waals surface area contributed by atoms with E-state index in [4.69, 9.17) is 13.6 Å². The van der Waals surface area contributed by atoms with Crippen LogP contribution in [-0.4, -0.2) is 22.8 Å². The van der Waals surface area contributed by atoms with Crippen molar-refractivity contribution in [2.75, 3.05) is 0 Å². The van der Waals surface area contributed by atoms with Crippen LogP contribution in [0.3, 0.4) is 0 Å². The summed E-state index contributed by atoms with van der Waals surface area (Å²) in [5.41, 5.74) is 8.83. The van der Waals surface area contributed by atoms with E-state index in [1.54, 1.807) is 18.6 Å². The van der Waals surface area contributed by atoms with Gasteiger partial charge in [0.1, 0.15) is 13.5 Å². The standard InChI is InChI=1S/C16H13BN4/c1-10(11-3-2-4-19-8-11)5-13-14-6-12(17)9-20-16(14)21-15(13)7-18/h2-9H,1,18H2,(H,20,21)/b13-5-,15-7+. The van der Waals surface area contributed by atoms with Crippen molar-refractivity contribution in [1.29, 1.82) is 0 Å². The smallest absolute Gasteiger partial charge is 0.138 e. The van der Waals surface area contributed by atoms with Gasteiger partial charge in [0.25, 0.3) is 0 Å². The zero-order valence-electron chi connectivity index (χ0n) is 11.4. The second-order valence-corrected chi connectivity index (χ2v) is 4.70. The molecule has 3 rings (SSSR count). The van der Waals surface area contributed by atoms with E-state index in [1.807, 2.05) is 24.3 Å². The van der Waals surface area contributed by atoms with Crippen molar-refractivity contribution in [3.8, 4) is 0 Å². The van der Waals surface area contributed by atoms with Gasteiger partial charge in [-0.25, -0.2) is 4.98 Å². The van der Waals surface area contributed by atoms with E-state index in [9.17, 15) is 0 Å². The molecule has 0 atom stereocenters. The van der Waals surface area contributed by atoms with Crippen LogP contribution in [0.2, 0.25) is 0 Å². The molecule has 5 heteroatoms. The maximum Gasteiger partial charge on any atom is 0.138 e. The van der Waals surface area contributed by atoms with Crippen LogP contribution in [0, 0.1) is 0 Å². The Kier molecular flexibility index (Phi) is 3.32. The van der Waals surface area contributed by atoms with Crippen LogP contribution < -0.4 is 21.8 Å². The summed E-state index contributed by atoms with van der Waals surface area (Å²) in [7, 11) is 5.82. The Morgan fingerprint density at radius 2 is 2.24 bits per heavy atom. The molecule has 0 aliphatic carbocycles. The van der Waals surface area contributed by atoms with Crippen molar-refractivity contribution in [3.05, 3.63) is 59.5 Å². The lowest BCUT2D eigenvalue weighted by Gasteiger charge is -1.98. The first kappa shape index (κ1) is 13.2. The van der Waals surface area contributed by atoms with Crippen LogP contribution in [0.15, 0.2) is 43.4 Å². The Hall–Kier alpha value is -2.82. The number of aromatic amines is 1. The number of nitrogens with two attached hydrogens (primary N) is 1. The fraction of sp³-hybridized carbons (Fsp3) is 0. The molecule has 4 nitrogen and oxygen atoms in total. The molecule has 0 bridgehead atoms. The third-order valence-electron chi connectivity index (χ3n) is 3.26. The first-order valence-electron chi connectivity index (χ1n) is 6.45. The van der Waals surface area contributed by atoms with Crippen LogP contribution in [0.1, 0.15) is 5.56 Å². The van der Waals surface area contributed by atoms with E-state index in [0.717, 1.165) is 32.7 Å². The van der Waals surface area contributed by atoms with E-state index in [0.29, 0.717) is 5.46 Å². The number of nitrogens with zero attached hydrogens (tertiary/aromatic N) is 2. The number of H-pyrrole nitrogens is 1. The molecular weight excluding hydrogens is 259 g/mol. The molecular formula is C16H13BN4. The lowest BCUT2D eigenvalue weighted by atomic mass is 9.97. The quantitative estimate of drug-likeness (QED) is 0.642. The van der Waals surface area contributed by atoms with Gasteiger partial charge in [0, 0.05) is 35.4 Å². The molecule has 0 aliphatic heterocycles. The second kappa shape index (κ2) is 5.29. The number of fused-ring (bicyclic) bond motifs is 1. The molecule has 21 heavy (non-hydrogen) atoms. The number of hydrogen-bond donors (Lipinski definition) is 2. The van der Waals surface area contributed by atoms with Crippen molar-refractivity contribution in [1.82, 2.24) is 15.0 Å². The van der Waals surface area contributed by atoms with Gasteiger partial charge in [-0.3, -0.25) is 4.98 Å². The largest absolute Gasteiger partial charge is 0.403 e. The Bertz CT molecular complexity index is 926. The van der Waals surface area contributed by atoms with Crippen molar-refractivity contribution in [3.63, 3.8) is 0 Å². The Labute approximate surface area is 123 Å². The minimum absolute atomic E-state index is 0.603. The molecule has 0 aliphatic rings. The van der Waals surface area contributed by atoms with Gasteiger partial charge >= 0.3 is 0 Å². The molecule has 3 heterocycles. The Morgan fingerprint density at radius 3 is 2.95 bits per heavy atom. The summed E-state index contributed by atoms with van der Waals surface area (Å²) in [6, 6.07) is 5.70. The molecule has 0 aromatic carbocycles. The fourth-order valence-electron chi connectivity index (χ4n) is 2.22. The van der Waals surface area contributed by atoms with Crippen molar-refractivity contribution >= 4 is 42.2 Å². The fourth-order valence-corrected chi connectivity index (χ4v) is 2.22. The highest BCUT2D eigenvalue weighted by Crippen LogP contribution is 2.11. The van der Waals surface area contributed by atoms with Crippen molar-refractivity contribution in [2.24, 2.45) is 5.73 Å². The molecule has 100 valence electrons. The highest BCUT2D eigenvalue weighted by molar-refractivity contribution is 6.32. The highest BCUT2D eigenvalue weighted by atomic mass is 14.8. The summed E-state index contributed by atoms with van der Waals surface area (Å²) < 4.78 is 0. The van der Waals surface area contributed by atoms with Crippen LogP contribution in [-0.2, 0) is 0 Å². The monoisotopic (exact) mass is 272 g/mol. The minimum atomic E-state index is 0.603. The Balaban J connectivity index is 2.26. The van der Waals surface area contributed by atoms with E-state index >= 15 is 0 Å². The lowest BCUT2D eigenvalue weighted by Crippen LogP contribution is -2.24. The molecule has 0 fully saturated rings. The van der Waals surface area contributed by atoms with Gasteiger partial charge in [-0.05, 0) is 23.3 Å². The third kappa shape index (κ3) is 2.45. The molecule has 3 aromatic heterocycles. The number of allylic oxidation sites excluding steroid dienone is 1. The van der Waals surface area contributed by atoms with E-state index in [1.165, 1.54) is 6.20 Å². The normalized spacial score (nSPS) is 13.0. The SMILES string of the molecule is [B]c1cnc2[nH]c(=C/N)/c(=C\C(=C)c3cccnc3)c2c1. The first-order chi connectivity index (χ1) is 10.2.